The number of carbonyl (C=O) groups is 4. The molecule has 7 nitrogen and oxygen atoms in total. The molecule has 29 heavy (non-hydrogen) atoms. The third-order valence-electron chi connectivity index (χ3n) is 5.16. The Labute approximate surface area is 166 Å². The fraction of sp³-hybridized carbons (Fsp3) is 0.182. The molecule has 0 radical (unpaired) electrons. The van der Waals surface area contributed by atoms with Crippen molar-refractivity contribution in [3.8, 4) is 0 Å². The number of ketones is 1. The summed E-state index contributed by atoms with van der Waals surface area (Å²) < 4.78 is 1.45. The standard InChI is InChI=1S/C22H18N2O5/c1-12(25)9-13-7-8-17-16(10-13)19(20(22(28)29)23(17)2)24-18(26)11-14-5-3-4-6-15(14)21(24)27/h3-8,10H,9,11H2,1-2H3,(H,28,29). The number of aromatic carboxylic acids is 1. The quantitative estimate of drug-likeness (QED) is 0.691. The predicted octanol–water partition coefficient (Wildman–Crippen LogP) is 2.74. The van der Waals surface area contributed by atoms with Crippen LogP contribution in [0, 0.1) is 0 Å². The summed E-state index contributed by atoms with van der Waals surface area (Å²) in [5.74, 6) is -2.32. The average Bonchev–Trinajstić information content (AvgIpc) is 2.93. The summed E-state index contributed by atoms with van der Waals surface area (Å²) in [7, 11) is 1.58. The largest absolute Gasteiger partial charge is 0.477 e. The van der Waals surface area contributed by atoms with Crippen molar-refractivity contribution >= 4 is 40.2 Å². The normalized spacial score (nSPS) is 13.7. The highest BCUT2D eigenvalue weighted by Gasteiger charge is 2.37. The van der Waals surface area contributed by atoms with Crippen LogP contribution in [0.3, 0.4) is 0 Å². The maximum atomic E-state index is 13.2. The van der Waals surface area contributed by atoms with Gasteiger partial charge in [0.1, 0.15) is 5.78 Å². The third-order valence-corrected chi connectivity index (χ3v) is 5.16. The second-order valence-corrected chi connectivity index (χ2v) is 7.16. The smallest absolute Gasteiger partial charge is 0.354 e. The molecule has 2 heterocycles. The Morgan fingerprint density at radius 1 is 1.10 bits per heavy atom. The number of imide groups is 1. The van der Waals surface area contributed by atoms with Crippen molar-refractivity contribution in [2.75, 3.05) is 4.90 Å². The molecule has 2 aromatic carbocycles. The Morgan fingerprint density at radius 3 is 2.52 bits per heavy atom. The first-order valence-corrected chi connectivity index (χ1v) is 9.08. The molecular weight excluding hydrogens is 372 g/mol. The second kappa shape index (κ2) is 6.70. The van der Waals surface area contributed by atoms with Gasteiger partial charge in [-0.3, -0.25) is 14.4 Å². The van der Waals surface area contributed by atoms with Gasteiger partial charge in [-0.15, -0.1) is 0 Å². The van der Waals surface area contributed by atoms with E-state index in [1.54, 1.807) is 49.5 Å². The van der Waals surface area contributed by atoms with Crippen molar-refractivity contribution in [2.24, 2.45) is 7.05 Å². The van der Waals surface area contributed by atoms with Crippen molar-refractivity contribution < 1.29 is 24.3 Å². The Hall–Kier alpha value is -3.74. The zero-order chi connectivity index (χ0) is 20.9. The number of hydrogen-bond acceptors (Lipinski definition) is 4. The highest BCUT2D eigenvalue weighted by molar-refractivity contribution is 6.29. The van der Waals surface area contributed by atoms with E-state index in [4.69, 9.17) is 0 Å². The zero-order valence-electron chi connectivity index (χ0n) is 15.9. The molecule has 1 aliphatic rings. The molecule has 146 valence electrons. The molecule has 0 aliphatic carbocycles. The van der Waals surface area contributed by atoms with Gasteiger partial charge in [0.15, 0.2) is 5.69 Å². The van der Waals surface area contributed by atoms with Gasteiger partial charge in [-0.1, -0.05) is 24.3 Å². The number of hydrogen-bond donors (Lipinski definition) is 1. The van der Waals surface area contributed by atoms with E-state index in [1.165, 1.54) is 11.5 Å². The maximum Gasteiger partial charge on any atom is 0.354 e. The molecule has 3 aromatic rings. The number of benzene rings is 2. The average molecular weight is 390 g/mol. The Morgan fingerprint density at radius 2 is 1.83 bits per heavy atom. The summed E-state index contributed by atoms with van der Waals surface area (Å²) in [6.07, 6.45) is 0.182. The van der Waals surface area contributed by atoms with Gasteiger partial charge in [0.05, 0.1) is 17.6 Å². The number of aryl methyl sites for hydroxylation is 1. The second-order valence-electron chi connectivity index (χ2n) is 7.16. The van der Waals surface area contributed by atoms with Crippen LogP contribution in [0.1, 0.15) is 38.9 Å². The number of rotatable bonds is 4. The summed E-state index contributed by atoms with van der Waals surface area (Å²) in [4.78, 5) is 50.6. The molecule has 0 fully saturated rings. The van der Waals surface area contributed by atoms with Crippen molar-refractivity contribution in [1.82, 2.24) is 4.57 Å². The SMILES string of the molecule is CC(=O)Cc1ccc2c(c1)c(N1C(=O)Cc3ccccc3C1=O)c(C(=O)O)n2C. The van der Waals surface area contributed by atoms with E-state index in [9.17, 15) is 24.3 Å². The number of nitrogens with zero attached hydrogens (tertiary/aromatic N) is 2. The number of Topliss-reactive ketones (excluding diaryl/α,β-unsaturated/α-hetero) is 1. The minimum absolute atomic E-state index is 0.00446. The molecular formula is C22H18N2O5. The first-order chi connectivity index (χ1) is 13.8. The number of amides is 2. The van der Waals surface area contributed by atoms with E-state index >= 15 is 0 Å². The number of carboxylic acids is 1. The number of aromatic nitrogens is 1. The minimum Gasteiger partial charge on any atom is -0.477 e. The van der Waals surface area contributed by atoms with Crippen molar-refractivity contribution in [3.05, 3.63) is 64.8 Å². The molecule has 7 heteroatoms. The highest BCUT2D eigenvalue weighted by Crippen LogP contribution is 2.37. The number of carbonyl (C=O) groups excluding carboxylic acids is 3. The third kappa shape index (κ3) is 2.91. The van der Waals surface area contributed by atoms with Crippen LogP contribution in [0.5, 0.6) is 0 Å². The first-order valence-electron chi connectivity index (χ1n) is 9.08. The first kappa shape index (κ1) is 18.6. The van der Waals surface area contributed by atoms with E-state index in [0.29, 0.717) is 27.6 Å². The fourth-order valence-electron chi connectivity index (χ4n) is 3.93. The molecule has 0 bridgehead atoms. The van der Waals surface area contributed by atoms with Crippen LogP contribution in [-0.4, -0.2) is 33.2 Å². The van der Waals surface area contributed by atoms with Crippen LogP contribution in [0.15, 0.2) is 42.5 Å². The topological polar surface area (TPSA) is 96.7 Å². The van der Waals surface area contributed by atoms with Crippen LogP contribution in [0.2, 0.25) is 0 Å². The van der Waals surface area contributed by atoms with E-state index in [-0.39, 0.29) is 30.0 Å². The van der Waals surface area contributed by atoms with Gasteiger partial charge in [0, 0.05) is 24.4 Å². The van der Waals surface area contributed by atoms with Crippen LogP contribution < -0.4 is 4.90 Å². The van der Waals surface area contributed by atoms with Gasteiger partial charge in [-0.2, -0.15) is 0 Å². The lowest BCUT2D eigenvalue weighted by atomic mass is 9.97. The fourth-order valence-corrected chi connectivity index (χ4v) is 3.93. The molecule has 0 atom stereocenters. The van der Waals surface area contributed by atoms with E-state index < -0.39 is 17.8 Å². The molecule has 0 unspecified atom stereocenters. The van der Waals surface area contributed by atoms with Gasteiger partial charge in [-0.25, -0.2) is 9.69 Å². The Bertz CT molecular complexity index is 1220. The lowest BCUT2D eigenvalue weighted by Crippen LogP contribution is -2.43. The summed E-state index contributed by atoms with van der Waals surface area (Å²) in [5, 5.41) is 10.3. The van der Waals surface area contributed by atoms with Crippen LogP contribution in [0.4, 0.5) is 5.69 Å². The van der Waals surface area contributed by atoms with Crippen molar-refractivity contribution in [1.29, 1.82) is 0 Å². The van der Waals surface area contributed by atoms with Crippen LogP contribution >= 0.6 is 0 Å². The summed E-state index contributed by atoms with van der Waals surface area (Å²) in [5.41, 5.74) is 2.13. The highest BCUT2D eigenvalue weighted by atomic mass is 16.4. The van der Waals surface area contributed by atoms with Gasteiger partial charge in [0.2, 0.25) is 5.91 Å². The molecule has 4 rings (SSSR count). The minimum atomic E-state index is -1.24. The summed E-state index contributed by atoms with van der Waals surface area (Å²) in [6, 6.07) is 11.9. The monoisotopic (exact) mass is 390 g/mol. The van der Waals surface area contributed by atoms with Gasteiger partial charge in [0.25, 0.3) is 5.91 Å². The number of carboxylic acid groups (broad SMARTS) is 1. The van der Waals surface area contributed by atoms with Crippen LogP contribution in [-0.2, 0) is 29.5 Å². The van der Waals surface area contributed by atoms with Gasteiger partial charge >= 0.3 is 5.97 Å². The molecule has 2 amide bonds. The Kier molecular flexibility index (Phi) is 4.30. The maximum absolute atomic E-state index is 13.2. The molecule has 0 spiro atoms. The Balaban J connectivity index is 2.00. The van der Waals surface area contributed by atoms with Crippen molar-refractivity contribution in [3.63, 3.8) is 0 Å². The summed E-state index contributed by atoms with van der Waals surface area (Å²) in [6.45, 7) is 1.47. The molecule has 1 aliphatic heterocycles. The molecule has 1 aromatic heterocycles. The number of anilines is 1. The molecule has 0 saturated heterocycles. The van der Waals surface area contributed by atoms with E-state index in [2.05, 4.69) is 0 Å². The zero-order valence-corrected chi connectivity index (χ0v) is 15.9. The van der Waals surface area contributed by atoms with Crippen molar-refractivity contribution in [2.45, 2.75) is 19.8 Å². The predicted molar refractivity (Wildman–Crippen MR) is 106 cm³/mol. The van der Waals surface area contributed by atoms with Gasteiger partial charge in [-0.05, 0) is 36.2 Å². The molecule has 0 saturated carbocycles. The van der Waals surface area contributed by atoms with Crippen LogP contribution in [0.25, 0.3) is 10.9 Å². The lowest BCUT2D eigenvalue weighted by Gasteiger charge is -2.27. The van der Waals surface area contributed by atoms with E-state index in [0.717, 1.165) is 4.90 Å². The van der Waals surface area contributed by atoms with E-state index in [1.807, 2.05) is 0 Å². The lowest BCUT2D eigenvalue weighted by molar-refractivity contribution is -0.118. The van der Waals surface area contributed by atoms with Gasteiger partial charge < -0.3 is 9.67 Å². The molecule has 1 N–H and O–H groups in total. The number of fused-ring (bicyclic) bond motifs is 2. The summed E-state index contributed by atoms with van der Waals surface area (Å²) >= 11 is 0.